The summed E-state index contributed by atoms with van der Waals surface area (Å²) in [5.74, 6) is -0.506. The quantitative estimate of drug-likeness (QED) is 0.386. The van der Waals surface area contributed by atoms with Crippen LogP contribution in [0.3, 0.4) is 0 Å². The monoisotopic (exact) mass is 146 g/mol. The van der Waals surface area contributed by atoms with Gasteiger partial charge in [-0.2, -0.15) is 0 Å². The molecule has 4 heteroatoms. The minimum absolute atomic E-state index is 0.506. The van der Waals surface area contributed by atoms with Gasteiger partial charge in [0.25, 0.3) is 5.91 Å². The fourth-order valence-corrected chi connectivity index (χ4v) is 0.638. The van der Waals surface area contributed by atoms with E-state index in [4.69, 9.17) is 10.9 Å². The molecule has 0 unspecified atom stereocenters. The summed E-state index contributed by atoms with van der Waals surface area (Å²) in [6, 6.07) is -0.565. The number of hydrogen-bond acceptors (Lipinski definition) is 3. The SMILES string of the molecule is CCCC[C@@H](N)C(=O)NO. The first-order valence-corrected chi connectivity index (χ1v) is 3.42. The molecule has 0 aliphatic heterocycles. The maximum Gasteiger partial charge on any atom is 0.260 e. The summed E-state index contributed by atoms with van der Waals surface area (Å²) in [7, 11) is 0. The van der Waals surface area contributed by atoms with Crippen LogP contribution in [-0.2, 0) is 4.79 Å². The summed E-state index contributed by atoms with van der Waals surface area (Å²) in [6.07, 6.45) is 2.55. The van der Waals surface area contributed by atoms with Crippen molar-refractivity contribution < 1.29 is 10.0 Å². The number of rotatable bonds is 4. The molecule has 1 amide bonds. The van der Waals surface area contributed by atoms with Crippen molar-refractivity contribution >= 4 is 5.91 Å². The van der Waals surface area contributed by atoms with Crippen LogP contribution in [0.5, 0.6) is 0 Å². The highest BCUT2D eigenvalue weighted by Gasteiger charge is 2.10. The highest BCUT2D eigenvalue weighted by Crippen LogP contribution is 1.97. The van der Waals surface area contributed by atoms with E-state index in [0.29, 0.717) is 6.42 Å². The molecule has 60 valence electrons. The number of hydroxylamine groups is 1. The van der Waals surface area contributed by atoms with Gasteiger partial charge in [0.1, 0.15) is 0 Å². The van der Waals surface area contributed by atoms with Crippen LogP contribution in [0.25, 0.3) is 0 Å². The summed E-state index contributed by atoms with van der Waals surface area (Å²) >= 11 is 0. The van der Waals surface area contributed by atoms with E-state index in [1.54, 1.807) is 0 Å². The Balaban J connectivity index is 3.41. The zero-order valence-corrected chi connectivity index (χ0v) is 6.13. The molecule has 4 nitrogen and oxygen atoms in total. The van der Waals surface area contributed by atoms with E-state index in [-0.39, 0.29) is 0 Å². The second-order valence-electron chi connectivity index (χ2n) is 2.22. The third-order valence-electron chi connectivity index (χ3n) is 1.32. The topological polar surface area (TPSA) is 75.4 Å². The molecule has 0 aliphatic rings. The average molecular weight is 146 g/mol. The standard InChI is InChI=1S/C6H14N2O2/c1-2-3-4-5(7)6(9)8-10/h5,10H,2-4,7H2,1H3,(H,8,9)/t5-/m1/s1. The van der Waals surface area contributed by atoms with Crippen LogP contribution in [0.2, 0.25) is 0 Å². The van der Waals surface area contributed by atoms with Crippen LogP contribution < -0.4 is 11.2 Å². The van der Waals surface area contributed by atoms with Crippen molar-refractivity contribution in [3.05, 3.63) is 0 Å². The lowest BCUT2D eigenvalue weighted by Crippen LogP contribution is -2.38. The number of amides is 1. The van der Waals surface area contributed by atoms with Gasteiger partial charge in [-0.1, -0.05) is 19.8 Å². The minimum atomic E-state index is -0.565. The molecule has 0 fully saturated rings. The second-order valence-corrected chi connectivity index (χ2v) is 2.22. The van der Waals surface area contributed by atoms with Crippen molar-refractivity contribution in [1.29, 1.82) is 0 Å². The molecule has 0 bridgehead atoms. The van der Waals surface area contributed by atoms with Crippen molar-refractivity contribution in [2.45, 2.75) is 32.2 Å². The minimum Gasteiger partial charge on any atom is -0.320 e. The largest absolute Gasteiger partial charge is 0.320 e. The summed E-state index contributed by atoms with van der Waals surface area (Å²) in [5, 5.41) is 8.12. The Morgan fingerprint density at radius 3 is 2.80 bits per heavy atom. The van der Waals surface area contributed by atoms with Crippen molar-refractivity contribution in [3.8, 4) is 0 Å². The highest BCUT2D eigenvalue weighted by atomic mass is 16.5. The van der Waals surface area contributed by atoms with Crippen molar-refractivity contribution in [3.63, 3.8) is 0 Å². The van der Waals surface area contributed by atoms with E-state index in [0.717, 1.165) is 12.8 Å². The molecule has 0 aromatic rings. The molecule has 0 saturated heterocycles. The zero-order chi connectivity index (χ0) is 7.98. The summed E-state index contributed by atoms with van der Waals surface area (Å²) < 4.78 is 0. The Labute approximate surface area is 60.4 Å². The van der Waals surface area contributed by atoms with Gasteiger partial charge in [-0.25, -0.2) is 5.48 Å². The van der Waals surface area contributed by atoms with Gasteiger partial charge in [0.15, 0.2) is 0 Å². The van der Waals surface area contributed by atoms with Gasteiger partial charge >= 0.3 is 0 Å². The molecule has 10 heavy (non-hydrogen) atoms. The van der Waals surface area contributed by atoms with E-state index >= 15 is 0 Å². The highest BCUT2D eigenvalue weighted by molar-refractivity contribution is 5.80. The van der Waals surface area contributed by atoms with E-state index in [1.807, 2.05) is 6.92 Å². The number of carbonyl (C=O) groups excluding carboxylic acids is 1. The third-order valence-corrected chi connectivity index (χ3v) is 1.32. The smallest absolute Gasteiger partial charge is 0.260 e. The first-order chi connectivity index (χ1) is 4.72. The predicted octanol–water partition coefficient (Wildman–Crippen LogP) is 0.00930. The fourth-order valence-electron chi connectivity index (χ4n) is 0.638. The molecule has 0 rings (SSSR count). The van der Waals surface area contributed by atoms with Crippen LogP contribution in [0.15, 0.2) is 0 Å². The number of nitrogens with one attached hydrogen (secondary N) is 1. The lowest BCUT2D eigenvalue weighted by atomic mass is 10.1. The Hall–Kier alpha value is -0.610. The molecule has 4 N–H and O–H groups in total. The van der Waals surface area contributed by atoms with Gasteiger partial charge in [-0.05, 0) is 6.42 Å². The average Bonchev–Trinajstić information content (AvgIpc) is 1.98. The van der Waals surface area contributed by atoms with E-state index in [2.05, 4.69) is 0 Å². The number of hydrogen-bond donors (Lipinski definition) is 3. The Morgan fingerprint density at radius 1 is 1.80 bits per heavy atom. The maximum absolute atomic E-state index is 10.5. The number of unbranched alkanes of at least 4 members (excludes halogenated alkanes) is 1. The van der Waals surface area contributed by atoms with Gasteiger partial charge in [0.05, 0.1) is 6.04 Å². The first kappa shape index (κ1) is 9.39. The molecule has 0 aromatic heterocycles. The fraction of sp³-hybridized carbons (Fsp3) is 0.833. The Kier molecular flexibility index (Phi) is 4.88. The van der Waals surface area contributed by atoms with Gasteiger partial charge < -0.3 is 5.73 Å². The van der Waals surface area contributed by atoms with Crippen LogP contribution in [0, 0.1) is 0 Å². The van der Waals surface area contributed by atoms with Gasteiger partial charge in [0, 0.05) is 0 Å². The summed E-state index contributed by atoms with van der Waals surface area (Å²) in [5.41, 5.74) is 6.85. The van der Waals surface area contributed by atoms with Gasteiger partial charge in [-0.3, -0.25) is 10.0 Å². The van der Waals surface area contributed by atoms with Crippen LogP contribution in [0.4, 0.5) is 0 Å². The van der Waals surface area contributed by atoms with E-state index in [1.165, 1.54) is 5.48 Å². The van der Waals surface area contributed by atoms with Crippen LogP contribution in [-0.4, -0.2) is 17.2 Å². The second kappa shape index (κ2) is 5.20. The first-order valence-electron chi connectivity index (χ1n) is 3.42. The summed E-state index contributed by atoms with van der Waals surface area (Å²) in [4.78, 5) is 10.5. The van der Waals surface area contributed by atoms with Crippen LogP contribution in [0.1, 0.15) is 26.2 Å². The molecular formula is C6H14N2O2. The molecule has 0 saturated carbocycles. The molecule has 0 radical (unpaired) electrons. The molecule has 0 aliphatic carbocycles. The lowest BCUT2D eigenvalue weighted by molar-refractivity contribution is -0.130. The molecule has 0 heterocycles. The lowest BCUT2D eigenvalue weighted by Gasteiger charge is -2.06. The summed E-state index contributed by atoms with van der Waals surface area (Å²) in [6.45, 7) is 2.02. The Bertz CT molecular complexity index is 106. The molecule has 0 aromatic carbocycles. The van der Waals surface area contributed by atoms with Crippen LogP contribution >= 0.6 is 0 Å². The Morgan fingerprint density at radius 2 is 2.40 bits per heavy atom. The molecule has 1 atom stereocenters. The number of nitrogens with two attached hydrogens (primary N) is 1. The van der Waals surface area contributed by atoms with Crippen molar-refractivity contribution in [1.82, 2.24) is 5.48 Å². The third kappa shape index (κ3) is 3.42. The zero-order valence-electron chi connectivity index (χ0n) is 6.13. The van der Waals surface area contributed by atoms with Crippen molar-refractivity contribution in [2.24, 2.45) is 5.73 Å². The number of carbonyl (C=O) groups is 1. The van der Waals surface area contributed by atoms with Crippen molar-refractivity contribution in [2.75, 3.05) is 0 Å². The van der Waals surface area contributed by atoms with Gasteiger partial charge in [0.2, 0.25) is 0 Å². The predicted molar refractivity (Wildman–Crippen MR) is 37.4 cm³/mol. The molecule has 0 spiro atoms. The van der Waals surface area contributed by atoms with Gasteiger partial charge in [-0.15, -0.1) is 0 Å². The molecular weight excluding hydrogens is 132 g/mol. The van der Waals surface area contributed by atoms with E-state index in [9.17, 15) is 4.79 Å². The maximum atomic E-state index is 10.5. The normalized spacial score (nSPS) is 12.7. The van der Waals surface area contributed by atoms with E-state index < -0.39 is 11.9 Å².